The smallest absolute Gasteiger partial charge is 0.223 e. The Labute approximate surface area is 151 Å². The SMILES string of the molecule is O=C(NCCc1cccs1)C1CC2CCCC(C1)C21SCCS1. The third kappa shape index (κ3) is 3.21. The van der Waals surface area contributed by atoms with Crippen LogP contribution in [0.25, 0.3) is 0 Å². The van der Waals surface area contributed by atoms with Crippen LogP contribution in [0.1, 0.15) is 37.0 Å². The Hall–Kier alpha value is -0.130. The van der Waals surface area contributed by atoms with E-state index in [2.05, 4.69) is 46.4 Å². The molecule has 126 valence electrons. The molecule has 1 saturated heterocycles. The summed E-state index contributed by atoms with van der Waals surface area (Å²) in [6.45, 7) is 0.791. The molecular formula is C18H25NOS3. The number of hydrogen-bond donors (Lipinski definition) is 1. The molecule has 3 fully saturated rings. The minimum absolute atomic E-state index is 0.265. The van der Waals surface area contributed by atoms with Crippen molar-refractivity contribution < 1.29 is 4.79 Å². The van der Waals surface area contributed by atoms with E-state index in [1.54, 1.807) is 11.3 Å². The van der Waals surface area contributed by atoms with E-state index in [-0.39, 0.29) is 5.92 Å². The predicted molar refractivity (Wildman–Crippen MR) is 102 cm³/mol. The molecule has 5 heteroatoms. The summed E-state index contributed by atoms with van der Waals surface area (Å²) < 4.78 is 0.478. The van der Waals surface area contributed by atoms with Crippen LogP contribution in [-0.2, 0) is 11.2 Å². The zero-order chi connectivity index (χ0) is 15.7. The lowest BCUT2D eigenvalue weighted by Gasteiger charge is -2.52. The maximum atomic E-state index is 12.6. The van der Waals surface area contributed by atoms with Gasteiger partial charge in [0, 0.05) is 28.8 Å². The van der Waals surface area contributed by atoms with E-state index in [4.69, 9.17) is 0 Å². The summed E-state index contributed by atoms with van der Waals surface area (Å²) in [4.78, 5) is 14.0. The fourth-order valence-electron chi connectivity index (χ4n) is 4.73. The molecule has 0 radical (unpaired) electrons. The Morgan fingerprint density at radius 1 is 1.22 bits per heavy atom. The average Bonchev–Trinajstić information content (AvgIpc) is 3.19. The van der Waals surface area contributed by atoms with E-state index >= 15 is 0 Å². The van der Waals surface area contributed by atoms with E-state index in [1.807, 2.05) is 0 Å². The van der Waals surface area contributed by atoms with Crippen LogP contribution in [0.15, 0.2) is 17.5 Å². The summed E-state index contributed by atoms with van der Waals surface area (Å²) in [5.41, 5.74) is 0. The van der Waals surface area contributed by atoms with Gasteiger partial charge in [-0.2, -0.15) is 0 Å². The number of carbonyl (C=O) groups excluding carboxylic acids is 1. The van der Waals surface area contributed by atoms with Crippen molar-refractivity contribution in [2.45, 2.75) is 42.6 Å². The van der Waals surface area contributed by atoms with Crippen molar-refractivity contribution in [3.8, 4) is 0 Å². The molecular weight excluding hydrogens is 342 g/mol. The first-order valence-corrected chi connectivity index (χ1v) is 11.7. The van der Waals surface area contributed by atoms with Crippen LogP contribution in [0, 0.1) is 17.8 Å². The number of amides is 1. The molecule has 2 nitrogen and oxygen atoms in total. The van der Waals surface area contributed by atoms with Gasteiger partial charge in [-0.05, 0) is 55.4 Å². The van der Waals surface area contributed by atoms with Gasteiger partial charge in [-0.15, -0.1) is 34.9 Å². The highest BCUT2D eigenvalue weighted by Gasteiger charge is 2.55. The lowest BCUT2D eigenvalue weighted by molar-refractivity contribution is -0.127. The molecule has 2 atom stereocenters. The van der Waals surface area contributed by atoms with Gasteiger partial charge in [0.2, 0.25) is 5.91 Å². The van der Waals surface area contributed by atoms with Crippen LogP contribution in [0.2, 0.25) is 0 Å². The Balaban J connectivity index is 1.34. The van der Waals surface area contributed by atoms with Crippen LogP contribution < -0.4 is 5.32 Å². The fraction of sp³-hybridized carbons (Fsp3) is 0.722. The highest BCUT2D eigenvalue weighted by atomic mass is 32.2. The van der Waals surface area contributed by atoms with E-state index in [0.717, 1.165) is 37.6 Å². The third-order valence-corrected chi connectivity index (χ3v) is 10.7. The van der Waals surface area contributed by atoms with Crippen molar-refractivity contribution in [3.05, 3.63) is 22.4 Å². The zero-order valence-electron chi connectivity index (χ0n) is 13.5. The fourth-order valence-corrected chi connectivity index (χ4v) is 9.38. The second-order valence-corrected chi connectivity index (χ2v) is 11.1. The Morgan fingerprint density at radius 3 is 2.61 bits per heavy atom. The number of rotatable bonds is 4. The van der Waals surface area contributed by atoms with E-state index < -0.39 is 0 Å². The van der Waals surface area contributed by atoms with E-state index in [1.165, 1.54) is 35.6 Å². The topological polar surface area (TPSA) is 29.1 Å². The predicted octanol–water partition coefficient (Wildman–Crippen LogP) is 4.41. The molecule has 1 N–H and O–H groups in total. The summed E-state index contributed by atoms with van der Waals surface area (Å²) >= 11 is 6.22. The molecule has 1 spiro atoms. The number of carbonyl (C=O) groups is 1. The van der Waals surface area contributed by atoms with Crippen LogP contribution in [0.3, 0.4) is 0 Å². The van der Waals surface area contributed by atoms with E-state index in [9.17, 15) is 4.79 Å². The Bertz CT molecular complexity index is 522. The Kier molecular flexibility index (Phi) is 4.98. The van der Waals surface area contributed by atoms with Gasteiger partial charge >= 0.3 is 0 Å². The van der Waals surface area contributed by atoms with Crippen LogP contribution in [0.5, 0.6) is 0 Å². The van der Waals surface area contributed by atoms with Crippen molar-refractivity contribution >= 4 is 40.8 Å². The third-order valence-electron chi connectivity index (χ3n) is 5.74. The second-order valence-electron chi connectivity index (χ2n) is 7.03. The van der Waals surface area contributed by atoms with Gasteiger partial charge in [-0.25, -0.2) is 0 Å². The molecule has 23 heavy (non-hydrogen) atoms. The normalized spacial score (nSPS) is 32.1. The summed E-state index contributed by atoms with van der Waals surface area (Å²) in [5, 5.41) is 5.32. The molecule has 2 heterocycles. The minimum Gasteiger partial charge on any atom is -0.356 e. The van der Waals surface area contributed by atoms with Crippen molar-refractivity contribution in [3.63, 3.8) is 0 Å². The zero-order valence-corrected chi connectivity index (χ0v) is 15.9. The van der Waals surface area contributed by atoms with Gasteiger partial charge in [0.1, 0.15) is 0 Å². The molecule has 4 rings (SSSR count). The lowest BCUT2D eigenvalue weighted by atomic mass is 9.67. The van der Waals surface area contributed by atoms with Crippen molar-refractivity contribution in [1.82, 2.24) is 5.32 Å². The summed E-state index contributed by atoms with van der Waals surface area (Å²) in [6, 6.07) is 4.24. The summed E-state index contributed by atoms with van der Waals surface area (Å²) in [7, 11) is 0. The maximum absolute atomic E-state index is 12.6. The highest BCUT2D eigenvalue weighted by molar-refractivity contribution is 8.21. The van der Waals surface area contributed by atoms with Gasteiger partial charge in [-0.1, -0.05) is 12.5 Å². The van der Waals surface area contributed by atoms with Crippen LogP contribution in [-0.4, -0.2) is 28.0 Å². The molecule has 1 aromatic rings. The first kappa shape index (κ1) is 16.3. The largest absolute Gasteiger partial charge is 0.356 e. The van der Waals surface area contributed by atoms with Crippen molar-refractivity contribution in [2.75, 3.05) is 18.1 Å². The van der Waals surface area contributed by atoms with Crippen molar-refractivity contribution in [2.24, 2.45) is 17.8 Å². The molecule has 1 aromatic heterocycles. The quantitative estimate of drug-likeness (QED) is 0.855. The maximum Gasteiger partial charge on any atom is 0.223 e. The van der Waals surface area contributed by atoms with Gasteiger partial charge in [0.15, 0.2) is 0 Å². The van der Waals surface area contributed by atoms with Gasteiger partial charge in [0.05, 0.1) is 4.08 Å². The van der Waals surface area contributed by atoms with Gasteiger partial charge < -0.3 is 5.32 Å². The van der Waals surface area contributed by atoms with Gasteiger partial charge in [-0.3, -0.25) is 4.79 Å². The number of thioether (sulfide) groups is 2. The van der Waals surface area contributed by atoms with E-state index in [0.29, 0.717) is 9.99 Å². The number of nitrogens with one attached hydrogen (secondary N) is 1. The minimum atomic E-state index is 0.265. The Morgan fingerprint density at radius 2 is 1.96 bits per heavy atom. The number of thiophene rings is 1. The van der Waals surface area contributed by atoms with Crippen molar-refractivity contribution in [1.29, 1.82) is 0 Å². The standard InChI is InChI=1S/C18H25NOS3/c20-17(19-7-6-16-5-2-8-21-16)13-11-14-3-1-4-15(12-13)18(14)22-9-10-23-18/h2,5,8,13-15H,1,3-4,6-7,9-12H2,(H,19,20). The molecule has 1 amide bonds. The van der Waals surface area contributed by atoms with Crippen LogP contribution in [0.4, 0.5) is 0 Å². The molecule has 2 unspecified atom stereocenters. The van der Waals surface area contributed by atoms with Crippen LogP contribution >= 0.6 is 34.9 Å². The summed E-state index contributed by atoms with van der Waals surface area (Å²) in [6.07, 6.45) is 7.29. The monoisotopic (exact) mass is 367 g/mol. The number of hydrogen-bond acceptors (Lipinski definition) is 4. The lowest BCUT2D eigenvalue weighted by Crippen LogP contribution is -2.49. The molecule has 2 aliphatic carbocycles. The summed E-state index contributed by atoms with van der Waals surface area (Å²) in [5.74, 6) is 4.74. The average molecular weight is 368 g/mol. The highest BCUT2D eigenvalue weighted by Crippen LogP contribution is 2.64. The molecule has 1 aliphatic heterocycles. The second kappa shape index (κ2) is 7.01. The molecule has 2 saturated carbocycles. The van der Waals surface area contributed by atoms with Gasteiger partial charge in [0.25, 0.3) is 0 Å². The first-order chi connectivity index (χ1) is 11.3. The first-order valence-electron chi connectivity index (χ1n) is 8.86. The molecule has 0 aromatic carbocycles. The molecule has 3 aliphatic rings. The molecule has 2 bridgehead atoms.